The second kappa shape index (κ2) is 7.09. The molecule has 3 rings (SSSR count). The first kappa shape index (κ1) is 14.6. The second-order valence-electron chi connectivity index (χ2n) is 5.30. The Morgan fingerprint density at radius 3 is 2.82 bits per heavy atom. The molecule has 0 radical (unpaired) electrons. The van der Waals surface area contributed by atoms with Crippen molar-refractivity contribution in [2.45, 2.75) is 12.8 Å². The van der Waals surface area contributed by atoms with E-state index in [1.165, 1.54) is 12.4 Å². The first-order valence-corrected chi connectivity index (χ1v) is 7.42. The summed E-state index contributed by atoms with van der Waals surface area (Å²) in [6.45, 7) is 2.17. The first-order valence-electron chi connectivity index (χ1n) is 7.42. The van der Waals surface area contributed by atoms with Gasteiger partial charge >= 0.3 is 0 Å². The van der Waals surface area contributed by atoms with Gasteiger partial charge in [-0.3, -0.25) is 9.78 Å². The Bertz CT molecular complexity index is 610. The van der Waals surface area contributed by atoms with E-state index in [4.69, 9.17) is 4.74 Å². The van der Waals surface area contributed by atoms with Crippen molar-refractivity contribution in [2.75, 3.05) is 19.8 Å². The molecule has 1 aliphatic heterocycles. The lowest BCUT2D eigenvalue weighted by atomic mass is 10.0. The van der Waals surface area contributed by atoms with E-state index in [0.29, 0.717) is 29.5 Å². The number of rotatable bonds is 4. The van der Waals surface area contributed by atoms with Gasteiger partial charge in [-0.2, -0.15) is 0 Å². The van der Waals surface area contributed by atoms with Gasteiger partial charge in [0.1, 0.15) is 5.69 Å². The highest BCUT2D eigenvalue weighted by atomic mass is 16.5. The SMILES string of the molecule is O=C(NCC1CCCOC1)c1cnc(-c2ccccn2)nc1. The van der Waals surface area contributed by atoms with Crippen molar-refractivity contribution in [3.63, 3.8) is 0 Å². The van der Waals surface area contributed by atoms with Crippen LogP contribution in [0.1, 0.15) is 23.2 Å². The van der Waals surface area contributed by atoms with Gasteiger partial charge in [0.2, 0.25) is 0 Å². The van der Waals surface area contributed by atoms with Crippen LogP contribution in [0.25, 0.3) is 11.5 Å². The number of aromatic nitrogens is 3. The molecule has 1 amide bonds. The van der Waals surface area contributed by atoms with Crippen LogP contribution in [0.15, 0.2) is 36.8 Å². The smallest absolute Gasteiger partial charge is 0.254 e. The molecular formula is C16H18N4O2. The van der Waals surface area contributed by atoms with E-state index in [1.807, 2.05) is 18.2 Å². The molecule has 22 heavy (non-hydrogen) atoms. The molecule has 6 nitrogen and oxygen atoms in total. The zero-order valence-electron chi connectivity index (χ0n) is 12.2. The highest BCUT2D eigenvalue weighted by Gasteiger charge is 2.15. The van der Waals surface area contributed by atoms with Crippen LogP contribution in [0.5, 0.6) is 0 Å². The molecule has 114 valence electrons. The van der Waals surface area contributed by atoms with Gasteiger partial charge in [0, 0.05) is 31.7 Å². The molecule has 6 heteroatoms. The van der Waals surface area contributed by atoms with Crippen molar-refractivity contribution in [3.8, 4) is 11.5 Å². The lowest BCUT2D eigenvalue weighted by Crippen LogP contribution is -2.33. The molecule has 0 spiro atoms. The van der Waals surface area contributed by atoms with Crippen LogP contribution >= 0.6 is 0 Å². The molecular weight excluding hydrogens is 280 g/mol. The number of pyridine rings is 1. The predicted octanol–water partition coefficient (Wildman–Crippen LogP) is 1.70. The number of hydrogen-bond acceptors (Lipinski definition) is 5. The lowest BCUT2D eigenvalue weighted by molar-refractivity contribution is 0.0536. The predicted molar refractivity (Wildman–Crippen MR) is 81.1 cm³/mol. The third-order valence-corrected chi connectivity index (χ3v) is 3.61. The van der Waals surface area contributed by atoms with Gasteiger partial charge in [0.15, 0.2) is 5.82 Å². The van der Waals surface area contributed by atoms with E-state index in [1.54, 1.807) is 6.20 Å². The molecule has 2 aromatic rings. The number of nitrogens with one attached hydrogen (secondary N) is 1. The number of ether oxygens (including phenoxy) is 1. The Balaban J connectivity index is 1.59. The number of hydrogen-bond donors (Lipinski definition) is 1. The summed E-state index contributed by atoms with van der Waals surface area (Å²) in [5, 5.41) is 2.91. The molecule has 0 aliphatic carbocycles. The first-order chi connectivity index (χ1) is 10.8. The van der Waals surface area contributed by atoms with Crippen molar-refractivity contribution < 1.29 is 9.53 Å². The van der Waals surface area contributed by atoms with Crippen molar-refractivity contribution >= 4 is 5.91 Å². The minimum Gasteiger partial charge on any atom is -0.381 e. The van der Waals surface area contributed by atoms with E-state index in [0.717, 1.165) is 26.1 Å². The largest absolute Gasteiger partial charge is 0.381 e. The molecule has 1 unspecified atom stereocenters. The van der Waals surface area contributed by atoms with Gasteiger partial charge < -0.3 is 10.1 Å². The van der Waals surface area contributed by atoms with Crippen molar-refractivity contribution in [3.05, 3.63) is 42.4 Å². The quantitative estimate of drug-likeness (QED) is 0.929. The Hall–Kier alpha value is -2.34. The summed E-state index contributed by atoms with van der Waals surface area (Å²) in [4.78, 5) is 24.7. The van der Waals surface area contributed by atoms with Crippen LogP contribution in [-0.2, 0) is 4.74 Å². The molecule has 2 aromatic heterocycles. The second-order valence-corrected chi connectivity index (χ2v) is 5.30. The molecule has 1 saturated heterocycles. The topological polar surface area (TPSA) is 77.0 Å². The molecule has 0 aromatic carbocycles. The average molecular weight is 298 g/mol. The molecule has 1 atom stereocenters. The highest BCUT2D eigenvalue weighted by Crippen LogP contribution is 2.13. The van der Waals surface area contributed by atoms with E-state index >= 15 is 0 Å². The zero-order valence-corrected chi connectivity index (χ0v) is 12.2. The lowest BCUT2D eigenvalue weighted by Gasteiger charge is -2.22. The van der Waals surface area contributed by atoms with Crippen LogP contribution < -0.4 is 5.32 Å². The maximum absolute atomic E-state index is 12.1. The summed E-state index contributed by atoms with van der Waals surface area (Å²) in [6.07, 6.45) is 6.90. The maximum atomic E-state index is 12.1. The van der Waals surface area contributed by atoms with Gasteiger partial charge in [-0.05, 0) is 30.9 Å². The van der Waals surface area contributed by atoms with Gasteiger partial charge in [-0.1, -0.05) is 6.07 Å². The minimum absolute atomic E-state index is 0.154. The Kier molecular flexibility index (Phi) is 4.70. The van der Waals surface area contributed by atoms with Crippen molar-refractivity contribution in [1.29, 1.82) is 0 Å². The zero-order chi connectivity index (χ0) is 15.2. The van der Waals surface area contributed by atoms with Crippen LogP contribution in [0, 0.1) is 5.92 Å². The summed E-state index contributed by atoms with van der Waals surface area (Å²) in [7, 11) is 0. The fraction of sp³-hybridized carbons (Fsp3) is 0.375. The third kappa shape index (κ3) is 3.65. The summed E-state index contributed by atoms with van der Waals surface area (Å²) < 4.78 is 5.40. The van der Waals surface area contributed by atoms with Crippen LogP contribution in [-0.4, -0.2) is 40.6 Å². The van der Waals surface area contributed by atoms with Crippen molar-refractivity contribution in [1.82, 2.24) is 20.3 Å². The van der Waals surface area contributed by atoms with Gasteiger partial charge in [-0.25, -0.2) is 9.97 Å². The number of carbonyl (C=O) groups is 1. The fourth-order valence-corrected chi connectivity index (χ4v) is 2.38. The minimum atomic E-state index is -0.154. The third-order valence-electron chi connectivity index (χ3n) is 3.61. The summed E-state index contributed by atoms with van der Waals surface area (Å²) in [6, 6.07) is 5.54. The van der Waals surface area contributed by atoms with Crippen LogP contribution in [0.3, 0.4) is 0 Å². The monoisotopic (exact) mass is 298 g/mol. The van der Waals surface area contributed by atoms with Crippen molar-refractivity contribution in [2.24, 2.45) is 5.92 Å². The molecule has 0 bridgehead atoms. The van der Waals surface area contributed by atoms with E-state index in [-0.39, 0.29) is 5.91 Å². The standard InChI is InChI=1S/C16H18N4O2/c21-16(20-8-12-4-3-7-22-11-12)13-9-18-15(19-10-13)14-5-1-2-6-17-14/h1-2,5-6,9-10,12H,3-4,7-8,11H2,(H,20,21). The normalized spacial score (nSPS) is 17.9. The highest BCUT2D eigenvalue weighted by molar-refractivity contribution is 5.93. The van der Waals surface area contributed by atoms with E-state index in [2.05, 4.69) is 20.3 Å². The number of carbonyl (C=O) groups excluding carboxylic acids is 1. The summed E-state index contributed by atoms with van der Waals surface area (Å²) in [5.74, 6) is 0.752. The van der Waals surface area contributed by atoms with Gasteiger partial charge in [0.25, 0.3) is 5.91 Å². The fourth-order valence-electron chi connectivity index (χ4n) is 2.38. The van der Waals surface area contributed by atoms with E-state index < -0.39 is 0 Å². The molecule has 3 heterocycles. The molecule has 1 fully saturated rings. The Labute approximate surface area is 129 Å². The Morgan fingerprint density at radius 2 is 2.14 bits per heavy atom. The molecule has 1 N–H and O–H groups in total. The number of amides is 1. The summed E-state index contributed by atoms with van der Waals surface area (Å²) >= 11 is 0. The van der Waals surface area contributed by atoms with Gasteiger partial charge in [0.05, 0.1) is 12.2 Å². The van der Waals surface area contributed by atoms with Gasteiger partial charge in [-0.15, -0.1) is 0 Å². The summed E-state index contributed by atoms with van der Waals surface area (Å²) in [5.41, 5.74) is 1.14. The van der Waals surface area contributed by atoms with E-state index in [9.17, 15) is 4.79 Å². The van der Waals surface area contributed by atoms with Crippen LogP contribution in [0.2, 0.25) is 0 Å². The van der Waals surface area contributed by atoms with Crippen LogP contribution in [0.4, 0.5) is 0 Å². The Morgan fingerprint density at radius 1 is 1.27 bits per heavy atom. The molecule has 0 saturated carbocycles. The average Bonchev–Trinajstić information content (AvgIpc) is 2.61. The number of nitrogens with zero attached hydrogens (tertiary/aromatic N) is 3. The molecule has 1 aliphatic rings. The maximum Gasteiger partial charge on any atom is 0.254 e.